The van der Waals surface area contributed by atoms with Gasteiger partial charge in [-0.3, -0.25) is 0 Å². The second kappa shape index (κ2) is 12.8. The molecule has 4 atom stereocenters. The standard InChI is InChI=1S/C49H35N5/c50-29-31-6-10-37(11-7-31)46-52-47(38-12-8-32(30-51)9-13-38)54-48(53-46)43-25-41(35-16-14-34(15-17-35)33-4-2-1-3-5-33)24-42(26-43)36-20-22-44(23-21-36)49-27-39-18-19-40(28-49)45(39)49/h1-17,20-26,39-40,45H,18-19,27-28H2/t39-,40+,45?,49?. The van der Waals surface area contributed by atoms with Crippen molar-refractivity contribution < 1.29 is 0 Å². The van der Waals surface area contributed by atoms with Crippen LogP contribution in [0.2, 0.25) is 0 Å². The van der Waals surface area contributed by atoms with E-state index in [1.807, 2.05) is 30.3 Å². The molecular formula is C49H35N5. The lowest BCUT2D eigenvalue weighted by Crippen LogP contribution is -2.60. The van der Waals surface area contributed by atoms with E-state index in [1.54, 1.807) is 24.3 Å². The molecule has 1 aromatic heterocycles. The lowest BCUT2D eigenvalue weighted by Gasteiger charge is -2.64. The molecule has 5 heteroatoms. The topological polar surface area (TPSA) is 86.2 Å². The van der Waals surface area contributed by atoms with Gasteiger partial charge in [0.05, 0.1) is 23.3 Å². The lowest BCUT2D eigenvalue weighted by atomic mass is 9.40. The van der Waals surface area contributed by atoms with E-state index in [2.05, 4.69) is 103 Å². The Hall–Kier alpha value is -6.69. The lowest BCUT2D eigenvalue weighted by molar-refractivity contribution is -0.0794. The molecule has 256 valence electrons. The Bertz CT molecular complexity index is 2520. The summed E-state index contributed by atoms with van der Waals surface area (Å²) in [6, 6.07) is 54.2. The van der Waals surface area contributed by atoms with Crippen LogP contribution in [0.3, 0.4) is 0 Å². The maximum absolute atomic E-state index is 9.43. The van der Waals surface area contributed by atoms with Crippen molar-refractivity contribution in [3.8, 4) is 79.7 Å². The zero-order valence-corrected chi connectivity index (χ0v) is 29.7. The molecule has 3 saturated carbocycles. The summed E-state index contributed by atoms with van der Waals surface area (Å²) in [5.41, 5.74) is 12.3. The van der Waals surface area contributed by atoms with Crippen LogP contribution in [0.5, 0.6) is 0 Å². The summed E-state index contributed by atoms with van der Waals surface area (Å²) < 4.78 is 0. The Labute approximate surface area is 315 Å². The number of rotatable bonds is 7. The molecule has 1 heterocycles. The second-order valence-corrected chi connectivity index (χ2v) is 15.2. The fraction of sp³-hybridized carbons (Fsp3) is 0.163. The maximum atomic E-state index is 9.43. The predicted molar refractivity (Wildman–Crippen MR) is 212 cm³/mol. The quantitative estimate of drug-likeness (QED) is 0.166. The van der Waals surface area contributed by atoms with Gasteiger partial charge in [0, 0.05) is 16.7 Å². The molecule has 0 spiro atoms. The van der Waals surface area contributed by atoms with Crippen LogP contribution in [-0.4, -0.2) is 15.0 Å². The van der Waals surface area contributed by atoms with Crippen LogP contribution in [0.15, 0.2) is 146 Å². The van der Waals surface area contributed by atoms with Crippen molar-refractivity contribution >= 4 is 0 Å². The van der Waals surface area contributed by atoms with E-state index < -0.39 is 0 Å². The molecule has 0 bridgehead atoms. The normalized spacial score (nSPS) is 20.5. The molecule has 54 heavy (non-hydrogen) atoms. The van der Waals surface area contributed by atoms with Crippen LogP contribution in [0, 0.1) is 40.4 Å². The molecule has 0 amide bonds. The van der Waals surface area contributed by atoms with Crippen LogP contribution in [-0.2, 0) is 5.41 Å². The third-order valence-electron chi connectivity index (χ3n) is 12.3. The van der Waals surface area contributed by atoms with E-state index in [4.69, 9.17) is 15.0 Å². The zero-order valence-electron chi connectivity index (χ0n) is 29.7. The summed E-state index contributed by atoms with van der Waals surface area (Å²) in [6.07, 6.45) is 5.56. The molecule has 6 aromatic carbocycles. The van der Waals surface area contributed by atoms with Crippen molar-refractivity contribution in [2.45, 2.75) is 31.1 Å². The number of hydrogen-bond donors (Lipinski definition) is 0. The Morgan fingerprint density at radius 1 is 0.426 bits per heavy atom. The van der Waals surface area contributed by atoms with Gasteiger partial charge in [-0.25, -0.2) is 15.0 Å². The fourth-order valence-corrected chi connectivity index (χ4v) is 9.65. The molecule has 3 aliphatic carbocycles. The summed E-state index contributed by atoms with van der Waals surface area (Å²) in [4.78, 5) is 15.0. The van der Waals surface area contributed by atoms with E-state index in [0.717, 1.165) is 56.7 Å². The number of aromatic nitrogens is 3. The number of hydrogen-bond acceptors (Lipinski definition) is 5. The van der Waals surface area contributed by atoms with Crippen molar-refractivity contribution in [3.63, 3.8) is 0 Å². The highest BCUT2D eigenvalue weighted by Gasteiger charge is 2.67. The molecule has 0 N–H and O–H groups in total. The monoisotopic (exact) mass is 693 g/mol. The maximum Gasteiger partial charge on any atom is 0.164 e. The van der Waals surface area contributed by atoms with E-state index in [0.29, 0.717) is 34.0 Å². The first kappa shape index (κ1) is 32.0. The van der Waals surface area contributed by atoms with E-state index in [1.165, 1.54) is 42.4 Å². The average Bonchev–Trinajstić information content (AvgIpc) is 3.36. The Kier molecular flexibility index (Phi) is 7.56. The first-order chi connectivity index (χ1) is 26.6. The minimum atomic E-state index is 0.409. The average molecular weight is 694 g/mol. The van der Waals surface area contributed by atoms with Gasteiger partial charge in [0.2, 0.25) is 0 Å². The molecule has 3 aliphatic rings. The van der Waals surface area contributed by atoms with Crippen LogP contribution < -0.4 is 0 Å². The summed E-state index contributed by atoms with van der Waals surface area (Å²) in [5, 5.41) is 18.9. The summed E-state index contributed by atoms with van der Waals surface area (Å²) >= 11 is 0. The molecule has 0 saturated heterocycles. The molecular weight excluding hydrogens is 659 g/mol. The smallest absolute Gasteiger partial charge is 0.164 e. The van der Waals surface area contributed by atoms with E-state index in [9.17, 15) is 10.5 Å². The van der Waals surface area contributed by atoms with Crippen molar-refractivity contribution in [1.82, 2.24) is 15.0 Å². The fourth-order valence-electron chi connectivity index (χ4n) is 9.65. The van der Waals surface area contributed by atoms with Crippen LogP contribution in [0.25, 0.3) is 67.5 Å². The predicted octanol–water partition coefficient (Wildman–Crippen LogP) is 11.3. The van der Waals surface area contributed by atoms with Crippen LogP contribution in [0.1, 0.15) is 42.4 Å². The van der Waals surface area contributed by atoms with Crippen molar-refractivity contribution in [1.29, 1.82) is 10.5 Å². The van der Waals surface area contributed by atoms with Gasteiger partial charge >= 0.3 is 0 Å². The molecule has 0 radical (unpaired) electrons. The first-order valence-corrected chi connectivity index (χ1v) is 18.8. The highest BCUT2D eigenvalue weighted by Crippen LogP contribution is 2.73. The van der Waals surface area contributed by atoms with Gasteiger partial charge < -0.3 is 0 Å². The van der Waals surface area contributed by atoms with Crippen LogP contribution in [0.4, 0.5) is 0 Å². The van der Waals surface area contributed by atoms with E-state index in [-0.39, 0.29) is 0 Å². The Morgan fingerprint density at radius 3 is 1.30 bits per heavy atom. The highest BCUT2D eigenvalue weighted by atomic mass is 15.0. The van der Waals surface area contributed by atoms with Gasteiger partial charge in [-0.1, -0.05) is 78.9 Å². The van der Waals surface area contributed by atoms with Gasteiger partial charge in [-0.15, -0.1) is 0 Å². The third kappa shape index (κ3) is 5.40. The SMILES string of the molecule is N#Cc1ccc(-c2nc(-c3ccc(C#N)cc3)nc(-c3cc(-c4ccc(-c5ccccc5)cc4)cc(-c4ccc(C56C[C@H]7CC[C@@H](C5)C76)cc4)c3)n2)cc1. The second-order valence-electron chi connectivity index (χ2n) is 15.2. The molecule has 5 nitrogen and oxygen atoms in total. The van der Waals surface area contributed by atoms with Crippen molar-refractivity contribution in [2.75, 3.05) is 0 Å². The Balaban J connectivity index is 1.10. The minimum Gasteiger partial charge on any atom is -0.208 e. The summed E-state index contributed by atoms with van der Waals surface area (Å²) in [5.74, 6) is 4.36. The molecule has 0 aliphatic heterocycles. The van der Waals surface area contributed by atoms with Gasteiger partial charge in [-0.05, 0) is 155 Å². The molecule has 3 fully saturated rings. The van der Waals surface area contributed by atoms with Crippen molar-refractivity contribution in [2.24, 2.45) is 17.8 Å². The van der Waals surface area contributed by atoms with Gasteiger partial charge in [-0.2, -0.15) is 10.5 Å². The number of nitrogens with zero attached hydrogens (tertiary/aromatic N) is 5. The minimum absolute atomic E-state index is 0.409. The molecule has 2 unspecified atom stereocenters. The Morgan fingerprint density at radius 2 is 0.815 bits per heavy atom. The van der Waals surface area contributed by atoms with Gasteiger partial charge in [0.1, 0.15) is 0 Å². The van der Waals surface area contributed by atoms with Crippen LogP contribution >= 0.6 is 0 Å². The van der Waals surface area contributed by atoms with Gasteiger partial charge in [0.15, 0.2) is 17.5 Å². The molecule has 7 aromatic rings. The van der Waals surface area contributed by atoms with E-state index >= 15 is 0 Å². The molecule has 10 rings (SSSR count). The zero-order chi connectivity index (χ0) is 36.2. The third-order valence-corrected chi connectivity index (χ3v) is 12.3. The van der Waals surface area contributed by atoms with Gasteiger partial charge in [0.25, 0.3) is 0 Å². The number of nitriles is 2. The number of benzene rings is 6. The first-order valence-electron chi connectivity index (χ1n) is 18.8. The largest absolute Gasteiger partial charge is 0.208 e. The summed E-state index contributed by atoms with van der Waals surface area (Å²) in [6.45, 7) is 0. The highest BCUT2D eigenvalue weighted by molar-refractivity contribution is 5.81. The van der Waals surface area contributed by atoms with Crippen molar-refractivity contribution in [3.05, 3.63) is 162 Å². The summed E-state index contributed by atoms with van der Waals surface area (Å²) in [7, 11) is 0.